The zero-order valence-electron chi connectivity index (χ0n) is 12.1. The Morgan fingerprint density at radius 2 is 1.80 bits per heavy atom. The van der Waals surface area contributed by atoms with E-state index in [4.69, 9.17) is 22.1 Å². The fourth-order valence-electron chi connectivity index (χ4n) is 2.04. The van der Waals surface area contributed by atoms with Gasteiger partial charge in [0.1, 0.15) is 11.5 Å². The summed E-state index contributed by atoms with van der Waals surface area (Å²) in [6.45, 7) is 6.78. The van der Waals surface area contributed by atoms with E-state index in [1.54, 1.807) is 0 Å². The van der Waals surface area contributed by atoms with Crippen molar-refractivity contribution in [3.63, 3.8) is 0 Å². The van der Waals surface area contributed by atoms with Gasteiger partial charge < -0.3 is 10.5 Å². The predicted octanol–water partition coefficient (Wildman–Crippen LogP) is 5.02. The summed E-state index contributed by atoms with van der Waals surface area (Å²) in [5.41, 5.74) is 8.81. The number of ether oxygens (including phenoxy) is 1. The van der Waals surface area contributed by atoms with Crippen LogP contribution in [0.3, 0.4) is 0 Å². The number of rotatable bonds is 4. The normalized spacial score (nSPS) is 10.9. The first-order chi connectivity index (χ1) is 9.51. The van der Waals surface area contributed by atoms with Crippen LogP contribution in [0.15, 0.2) is 36.4 Å². The molecule has 0 unspecified atom stereocenters. The highest BCUT2D eigenvalue weighted by Crippen LogP contribution is 2.33. The van der Waals surface area contributed by atoms with Gasteiger partial charge in [0, 0.05) is 11.6 Å². The molecule has 2 N–H and O–H groups in total. The van der Waals surface area contributed by atoms with Crippen LogP contribution in [0.1, 0.15) is 36.5 Å². The molecule has 0 aliphatic carbocycles. The van der Waals surface area contributed by atoms with Crippen LogP contribution in [0, 0.1) is 6.92 Å². The molecule has 0 aliphatic rings. The zero-order valence-corrected chi connectivity index (χ0v) is 12.9. The number of aryl methyl sites for hydroxylation is 1. The van der Waals surface area contributed by atoms with Gasteiger partial charge in [-0.2, -0.15) is 0 Å². The van der Waals surface area contributed by atoms with Gasteiger partial charge in [0.25, 0.3) is 0 Å². The summed E-state index contributed by atoms with van der Waals surface area (Å²) in [6, 6.07) is 11.8. The second kappa shape index (κ2) is 6.29. The van der Waals surface area contributed by atoms with E-state index in [2.05, 4.69) is 13.8 Å². The Morgan fingerprint density at radius 3 is 2.35 bits per heavy atom. The maximum atomic E-state index is 6.27. The van der Waals surface area contributed by atoms with E-state index in [0.29, 0.717) is 12.5 Å². The van der Waals surface area contributed by atoms with E-state index in [0.717, 1.165) is 33.2 Å². The van der Waals surface area contributed by atoms with Crippen LogP contribution in [-0.2, 0) is 6.54 Å². The minimum absolute atomic E-state index is 0.366. The number of hydrogen-bond donors (Lipinski definition) is 1. The van der Waals surface area contributed by atoms with Gasteiger partial charge in [-0.05, 0) is 53.8 Å². The van der Waals surface area contributed by atoms with E-state index in [9.17, 15) is 0 Å². The molecule has 0 atom stereocenters. The van der Waals surface area contributed by atoms with Crippen LogP contribution in [-0.4, -0.2) is 0 Å². The topological polar surface area (TPSA) is 35.2 Å². The summed E-state index contributed by atoms with van der Waals surface area (Å²) in [5.74, 6) is 2.02. The van der Waals surface area contributed by atoms with Crippen LogP contribution in [0.4, 0.5) is 0 Å². The number of hydrogen-bond acceptors (Lipinski definition) is 2. The third kappa shape index (κ3) is 3.33. The van der Waals surface area contributed by atoms with Crippen molar-refractivity contribution >= 4 is 11.6 Å². The first kappa shape index (κ1) is 14.9. The molecule has 20 heavy (non-hydrogen) atoms. The lowest BCUT2D eigenvalue weighted by molar-refractivity contribution is 0.477. The average Bonchev–Trinajstić information content (AvgIpc) is 2.42. The number of halogens is 1. The van der Waals surface area contributed by atoms with Crippen molar-refractivity contribution in [1.82, 2.24) is 0 Å². The number of nitrogens with two attached hydrogens (primary N) is 1. The Bertz CT molecular complexity index is 591. The molecule has 0 radical (unpaired) electrons. The van der Waals surface area contributed by atoms with Gasteiger partial charge >= 0.3 is 0 Å². The highest BCUT2D eigenvalue weighted by Gasteiger charge is 2.10. The summed E-state index contributed by atoms with van der Waals surface area (Å²) in [7, 11) is 0. The van der Waals surface area contributed by atoms with E-state index in [-0.39, 0.29) is 0 Å². The fraction of sp³-hybridized carbons (Fsp3) is 0.294. The highest BCUT2D eigenvalue weighted by atomic mass is 35.5. The predicted molar refractivity (Wildman–Crippen MR) is 84.7 cm³/mol. The summed E-state index contributed by atoms with van der Waals surface area (Å²) < 4.78 is 5.95. The van der Waals surface area contributed by atoms with Gasteiger partial charge in [-0.1, -0.05) is 37.6 Å². The van der Waals surface area contributed by atoms with Crippen LogP contribution in [0.5, 0.6) is 11.5 Å². The molecule has 0 heterocycles. The second-order valence-electron chi connectivity index (χ2n) is 5.24. The Labute approximate surface area is 125 Å². The summed E-state index contributed by atoms with van der Waals surface area (Å²) >= 11 is 6.27. The zero-order chi connectivity index (χ0) is 14.7. The minimum Gasteiger partial charge on any atom is -0.457 e. The first-order valence-corrected chi connectivity index (χ1v) is 7.16. The molecular formula is C17H20ClNO. The molecule has 3 heteroatoms. The molecule has 0 bridgehead atoms. The molecule has 2 aromatic rings. The van der Waals surface area contributed by atoms with Crippen molar-refractivity contribution in [3.05, 3.63) is 58.1 Å². The Hall–Kier alpha value is -1.51. The van der Waals surface area contributed by atoms with Crippen molar-refractivity contribution in [2.45, 2.75) is 33.2 Å². The third-order valence-electron chi connectivity index (χ3n) is 3.30. The van der Waals surface area contributed by atoms with Gasteiger partial charge in [0.2, 0.25) is 0 Å². The van der Waals surface area contributed by atoms with E-state index >= 15 is 0 Å². The summed E-state index contributed by atoms with van der Waals surface area (Å²) in [5, 5.41) is 0.795. The molecule has 2 nitrogen and oxygen atoms in total. The van der Waals surface area contributed by atoms with Crippen LogP contribution in [0.25, 0.3) is 0 Å². The largest absolute Gasteiger partial charge is 0.457 e. The van der Waals surface area contributed by atoms with Crippen LogP contribution in [0.2, 0.25) is 5.02 Å². The lowest BCUT2D eigenvalue weighted by atomic mass is 10.0. The molecule has 0 aliphatic heterocycles. The van der Waals surface area contributed by atoms with E-state index < -0.39 is 0 Å². The van der Waals surface area contributed by atoms with Gasteiger partial charge in [-0.3, -0.25) is 0 Å². The monoisotopic (exact) mass is 289 g/mol. The fourth-order valence-corrected chi connectivity index (χ4v) is 2.48. The van der Waals surface area contributed by atoms with Crippen molar-refractivity contribution in [1.29, 1.82) is 0 Å². The Kier molecular flexibility index (Phi) is 4.69. The van der Waals surface area contributed by atoms with Gasteiger partial charge in [-0.15, -0.1) is 0 Å². The molecule has 0 saturated carbocycles. The molecule has 106 valence electrons. The van der Waals surface area contributed by atoms with Gasteiger partial charge in [-0.25, -0.2) is 0 Å². The maximum Gasteiger partial charge on any atom is 0.130 e. The quantitative estimate of drug-likeness (QED) is 0.857. The minimum atomic E-state index is 0.366. The molecular weight excluding hydrogens is 270 g/mol. The third-order valence-corrected chi connectivity index (χ3v) is 3.63. The molecule has 0 aromatic heterocycles. The smallest absolute Gasteiger partial charge is 0.130 e. The Morgan fingerprint density at radius 1 is 1.15 bits per heavy atom. The lowest BCUT2D eigenvalue weighted by Gasteiger charge is -2.14. The van der Waals surface area contributed by atoms with Gasteiger partial charge in [0.15, 0.2) is 0 Å². The molecule has 0 amide bonds. The summed E-state index contributed by atoms with van der Waals surface area (Å²) in [6.07, 6.45) is 0. The SMILES string of the molecule is Cc1cc(Cl)c(C(C)C)cc1Oc1ccc(CN)cc1. The number of benzene rings is 2. The molecule has 2 aromatic carbocycles. The van der Waals surface area contributed by atoms with E-state index in [1.165, 1.54) is 0 Å². The standard InChI is InChI=1S/C17H20ClNO/c1-11(2)15-9-17(12(3)8-16(15)18)20-14-6-4-13(10-19)5-7-14/h4-9,11H,10,19H2,1-3H3. The molecule has 0 saturated heterocycles. The van der Waals surface area contributed by atoms with Gasteiger partial charge in [0.05, 0.1) is 0 Å². The van der Waals surface area contributed by atoms with Crippen molar-refractivity contribution in [2.75, 3.05) is 0 Å². The lowest BCUT2D eigenvalue weighted by Crippen LogP contribution is -1.96. The second-order valence-corrected chi connectivity index (χ2v) is 5.65. The summed E-state index contributed by atoms with van der Waals surface area (Å²) in [4.78, 5) is 0. The van der Waals surface area contributed by atoms with Crippen molar-refractivity contribution < 1.29 is 4.74 Å². The van der Waals surface area contributed by atoms with Crippen LogP contribution < -0.4 is 10.5 Å². The molecule has 0 spiro atoms. The Balaban J connectivity index is 2.30. The van der Waals surface area contributed by atoms with Crippen LogP contribution >= 0.6 is 11.6 Å². The van der Waals surface area contributed by atoms with Crippen molar-refractivity contribution in [2.24, 2.45) is 5.73 Å². The average molecular weight is 290 g/mol. The molecule has 0 fully saturated rings. The highest BCUT2D eigenvalue weighted by molar-refractivity contribution is 6.31. The maximum absolute atomic E-state index is 6.27. The van der Waals surface area contributed by atoms with E-state index in [1.807, 2.05) is 43.3 Å². The molecule has 2 rings (SSSR count). The van der Waals surface area contributed by atoms with Crippen molar-refractivity contribution in [3.8, 4) is 11.5 Å². The first-order valence-electron chi connectivity index (χ1n) is 6.78.